The number of aliphatic carboxylic acids is 1. The highest BCUT2D eigenvalue weighted by Gasteiger charge is 2.45. The van der Waals surface area contributed by atoms with Crippen molar-refractivity contribution >= 4 is 17.9 Å². The standard InChI is InChI=1S/C9H14N2O4/c1-9(2,3)6(7(13)14)11-5(12)4-10-8(11)15/h6H,4H2,1-3H3,(H,10,15)(H,13,14). The van der Waals surface area contributed by atoms with Crippen LogP contribution >= 0.6 is 0 Å². The van der Waals surface area contributed by atoms with E-state index in [1.165, 1.54) is 0 Å². The Morgan fingerprint density at radius 3 is 2.27 bits per heavy atom. The molecule has 0 aromatic rings. The van der Waals surface area contributed by atoms with Crippen molar-refractivity contribution < 1.29 is 19.5 Å². The van der Waals surface area contributed by atoms with Crippen molar-refractivity contribution in [1.82, 2.24) is 10.2 Å². The second-order valence-electron chi connectivity index (χ2n) is 4.53. The summed E-state index contributed by atoms with van der Waals surface area (Å²) in [5.74, 6) is -1.67. The summed E-state index contributed by atoms with van der Waals surface area (Å²) in [5, 5.41) is 11.3. The number of rotatable bonds is 2. The molecule has 1 unspecified atom stereocenters. The highest BCUT2D eigenvalue weighted by Crippen LogP contribution is 2.26. The lowest BCUT2D eigenvalue weighted by Crippen LogP contribution is -2.52. The van der Waals surface area contributed by atoms with Crippen LogP contribution in [0.5, 0.6) is 0 Å². The number of hydrogen-bond donors (Lipinski definition) is 2. The normalized spacial score (nSPS) is 19.0. The molecule has 0 aromatic carbocycles. The van der Waals surface area contributed by atoms with E-state index in [0.717, 1.165) is 4.90 Å². The number of nitrogens with one attached hydrogen (secondary N) is 1. The van der Waals surface area contributed by atoms with Gasteiger partial charge in [-0.25, -0.2) is 14.5 Å². The first-order valence-electron chi connectivity index (χ1n) is 4.58. The van der Waals surface area contributed by atoms with E-state index in [2.05, 4.69) is 5.32 Å². The third-order valence-corrected chi connectivity index (χ3v) is 2.19. The predicted molar refractivity (Wildman–Crippen MR) is 51.1 cm³/mol. The van der Waals surface area contributed by atoms with Crippen LogP contribution in [0.15, 0.2) is 0 Å². The van der Waals surface area contributed by atoms with E-state index in [0.29, 0.717) is 0 Å². The monoisotopic (exact) mass is 214 g/mol. The lowest BCUT2D eigenvalue weighted by atomic mass is 9.86. The van der Waals surface area contributed by atoms with Gasteiger partial charge in [-0.3, -0.25) is 4.79 Å². The van der Waals surface area contributed by atoms with Gasteiger partial charge in [0.25, 0.3) is 5.91 Å². The van der Waals surface area contributed by atoms with Gasteiger partial charge in [-0.15, -0.1) is 0 Å². The van der Waals surface area contributed by atoms with Gasteiger partial charge in [0.2, 0.25) is 0 Å². The molecule has 6 nitrogen and oxygen atoms in total. The maximum Gasteiger partial charge on any atom is 0.327 e. The third kappa shape index (κ3) is 2.08. The van der Waals surface area contributed by atoms with Gasteiger partial charge < -0.3 is 10.4 Å². The van der Waals surface area contributed by atoms with Gasteiger partial charge in [0.15, 0.2) is 0 Å². The zero-order valence-corrected chi connectivity index (χ0v) is 8.90. The van der Waals surface area contributed by atoms with Gasteiger partial charge in [-0.2, -0.15) is 0 Å². The smallest absolute Gasteiger partial charge is 0.327 e. The van der Waals surface area contributed by atoms with Crippen LogP contribution in [-0.2, 0) is 9.59 Å². The lowest BCUT2D eigenvalue weighted by Gasteiger charge is -2.32. The van der Waals surface area contributed by atoms with Crippen molar-refractivity contribution in [3.05, 3.63) is 0 Å². The summed E-state index contributed by atoms with van der Waals surface area (Å²) in [6, 6.07) is -1.77. The minimum Gasteiger partial charge on any atom is -0.480 e. The Morgan fingerprint density at radius 2 is 2.00 bits per heavy atom. The molecule has 3 amide bonds. The van der Waals surface area contributed by atoms with Crippen molar-refractivity contribution in [3.63, 3.8) is 0 Å². The van der Waals surface area contributed by atoms with Crippen LogP contribution in [0.2, 0.25) is 0 Å². The van der Waals surface area contributed by atoms with Gasteiger partial charge in [-0.1, -0.05) is 20.8 Å². The topological polar surface area (TPSA) is 86.7 Å². The summed E-state index contributed by atoms with van der Waals surface area (Å²) in [7, 11) is 0. The summed E-state index contributed by atoms with van der Waals surface area (Å²) in [6.07, 6.45) is 0. The number of imide groups is 1. The maximum atomic E-state index is 11.4. The predicted octanol–water partition coefficient (Wildman–Crippen LogP) is 0.0375. The van der Waals surface area contributed by atoms with E-state index in [-0.39, 0.29) is 6.54 Å². The molecule has 1 saturated heterocycles. The summed E-state index contributed by atoms with van der Waals surface area (Å²) >= 11 is 0. The van der Waals surface area contributed by atoms with Gasteiger partial charge in [0.05, 0.1) is 6.54 Å². The fourth-order valence-electron chi connectivity index (χ4n) is 1.56. The van der Waals surface area contributed by atoms with Crippen LogP contribution in [0, 0.1) is 5.41 Å². The van der Waals surface area contributed by atoms with E-state index in [9.17, 15) is 14.4 Å². The van der Waals surface area contributed by atoms with E-state index < -0.39 is 29.4 Å². The van der Waals surface area contributed by atoms with Gasteiger partial charge in [0.1, 0.15) is 6.04 Å². The van der Waals surface area contributed by atoms with Crippen molar-refractivity contribution in [2.24, 2.45) is 5.41 Å². The Labute approximate surface area is 87.2 Å². The first-order valence-corrected chi connectivity index (χ1v) is 4.58. The Balaban J connectivity index is 3.05. The summed E-state index contributed by atoms with van der Waals surface area (Å²) in [4.78, 5) is 34.5. The van der Waals surface area contributed by atoms with Crippen molar-refractivity contribution in [2.75, 3.05) is 6.54 Å². The molecule has 0 spiro atoms. The minimum atomic E-state index is -1.17. The van der Waals surface area contributed by atoms with Gasteiger partial charge in [0, 0.05) is 0 Å². The fourth-order valence-corrected chi connectivity index (χ4v) is 1.56. The molecule has 1 aliphatic rings. The second kappa shape index (κ2) is 3.52. The maximum absolute atomic E-state index is 11.4. The fraction of sp³-hybridized carbons (Fsp3) is 0.667. The van der Waals surface area contributed by atoms with E-state index in [1.807, 2.05) is 0 Å². The van der Waals surface area contributed by atoms with Gasteiger partial charge in [-0.05, 0) is 5.41 Å². The van der Waals surface area contributed by atoms with Crippen molar-refractivity contribution in [3.8, 4) is 0 Å². The minimum absolute atomic E-state index is 0.126. The molecule has 0 radical (unpaired) electrons. The quantitative estimate of drug-likeness (QED) is 0.635. The number of carboxylic acids is 1. The van der Waals surface area contributed by atoms with E-state index >= 15 is 0 Å². The molecule has 1 aliphatic heterocycles. The Morgan fingerprint density at radius 1 is 1.47 bits per heavy atom. The number of urea groups is 1. The van der Waals surface area contributed by atoms with E-state index in [4.69, 9.17) is 5.11 Å². The third-order valence-electron chi connectivity index (χ3n) is 2.19. The molecule has 0 bridgehead atoms. The number of amides is 3. The number of nitrogens with zero attached hydrogens (tertiary/aromatic N) is 1. The summed E-state index contributed by atoms with van der Waals surface area (Å²) in [5.41, 5.74) is -0.691. The summed E-state index contributed by atoms with van der Waals surface area (Å²) in [6.45, 7) is 4.89. The molecule has 84 valence electrons. The van der Waals surface area contributed by atoms with Crippen molar-refractivity contribution in [1.29, 1.82) is 0 Å². The highest BCUT2D eigenvalue weighted by molar-refractivity contribution is 6.05. The summed E-state index contributed by atoms with van der Waals surface area (Å²) < 4.78 is 0. The lowest BCUT2D eigenvalue weighted by molar-refractivity contribution is -0.150. The van der Waals surface area contributed by atoms with Gasteiger partial charge >= 0.3 is 12.0 Å². The van der Waals surface area contributed by atoms with Crippen LogP contribution in [0.1, 0.15) is 20.8 Å². The second-order valence-corrected chi connectivity index (χ2v) is 4.53. The Bertz CT molecular complexity index is 303. The molecule has 1 atom stereocenters. The molecule has 0 aromatic heterocycles. The largest absolute Gasteiger partial charge is 0.480 e. The molecule has 2 N–H and O–H groups in total. The molecular weight excluding hydrogens is 200 g/mol. The number of hydrogen-bond acceptors (Lipinski definition) is 3. The van der Waals surface area contributed by atoms with Crippen molar-refractivity contribution in [2.45, 2.75) is 26.8 Å². The average molecular weight is 214 g/mol. The Kier molecular flexibility index (Phi) is 2.70. The van der Waals surface area contributed by atoms with Crippen LogP contribution in [0.25, 0.3) is 0 Å². The SMILES string of the molecule is CC(C)(C)C(C(=O)O)N1C(=O)CNC1=O. The molecule has 1 rings (SSSR count). The Hall–Kier alpha value is -1.59. The van der Waals surface area contributed by atoms with Crippen LogP contribution in [-0.4, -0.2) is 40.5 Å². The molecule has 6 heteroatoms. The molecule has 15 heavy (non-hydrogen) atoms. The molecule has 1 fully saturated rings. The number of carbonyl (C=O) groups excluding carboxylic acids is 2. The molecule has 1 heterocycles. The first-order chi connectivity index (χ1) is 6.75. The molecule has 0 saturated carbocycles. The van der Waals surface area contributed by atoms with E-state index in [1.54, 1.807) is 20.8 Å². The molecule has 0 aliphatic carbocycles. The van der Waals surface area contributed by atoms with Crippen LogP contribution in [0.4, 0.5) is 4.79 Å². The molecular formula is C9H14N2O4. The average Bonchev–Trinajstić information content (AvgIpc) is 2.32. The zero-order chi connectivity index (χ0) is 11.8. The number of carboxylic acid groups (broad SMARTS) is 1. The van der Waals surface area contributed by atoms with Crippen LogP contribution in [0.3, 0.4) is 0 Å². The van der Waals surface area contributed by atoms with Crippen LogP contribution < -0.4 is 5.32 Å². The first kappa shape index (κ1) is 11.5. The zero-order valence-electron chi connectivity index (χ0n) is 8.90. The number of carbonyl (C=O) groups is 3. The highest BCUT2D eigenvalue weighted by atomic mass is 16.4.